The molecule has 2 aromatic rings. The number of rotatable bonds is 1. The Morgan fingerprint density at radius 3 is 2.85 bits per heavy atom. The zero-order valence-electron chi connectivity index (χ0n) is 14.0. The second-order valence-electron chi connectivity index (χ2n) is 7.76. The molecule has 2 saturated carbocycles. The summed E-state index contributed by atoms with van der Waals surface area (Å²) in [5.41, 5.74) is 0.926. The van der Waals surface area contributed by atoms with E-state index in [2.05, 4.69) is 4.98 Å². The van der Waals surface area contributed by atoms with E-state index in [-0.39, 0.29) is 33.8 Å². The van der Waals surface area contributed by atoms with Gasteiger partial charge in [-0.2, -0.15) is 0 Å². The summed E-state index contributed by atoms with van der Waals surface area (Å²) in [5.74, 6) is -2.16. The molecule has 0 spiro atoms. The van der Waals surface area contributed by atoms with E-state index in [0.717, 1.165) is 21.9 Å². The van der Waals surface area contributed by atoms with Gasteiger partial charge in [-0.05, 0) is 30.2 Å². The van der Waals surface area contributed by atoms with Crippen LogP contribution in [0.5, 0.6) is 5.75 Å². The predicted molar refractivity (Wildman–Crippen MR) is 98.2 cm³/mol. The lowest BCUT2D eigenvalue weighted by Crippen LogP contribution is -2.49. The summed E-state index contributed by atoms with van der Waals surface area (Å²) in [6.07, 6.45) is 0.733. The Labute approximate surface area is 161 Å². The highest BCUT2D eigenvalue weighted by Gasteiger charge is 2.67. The molecule has 6 nitrogen and oxygen atoms in total. The minimum Gasteiger partial charge on any atom is -0.481 e. The second kappa shape index (κ2) is 5.26. The first-order valence-electron chi connectivity index (χ1n) is 8.97. The highest BCUT2D eigenvalue weighted by atomic mass is 32.2. The second-order valence-corrected chi connectivity index (χ2v) is 9.96. The maximum absolute atomic E-state index is 12.9. The fraction of sp³-hybridized carbons (Fsp3) is 0.421. The predicted octanol–water partition coefficient (Wildman–Crippen LogP) is 2.54. The average molecular weight is 401 g/mol. The van der Waals surface area contributed by atoms with Crippen molar-refractivity contribution in [2.24, 2.45) is 29.6 Å². The Hall–Kier alpha value is -2.06. The Bertz CT molecular complexity index is 1060. The highest BCUT2D eigenvalue weighted by Crippen LogP contribution is 2.68. The Morgan fingerprint density at radius 2 is 2.04 bits per heavy atom. The molecular formula is C19H15NO5S2. The first kappa shape index (κ1) is 15.9. The van der Waals surface area contributed by atoms with Gasteiger partial charge in [0.1, 0.15) is 5.75 Å². The molecule has 0 saturated heterocycles. The molecule has 2 fully saturated rings. The lowest BCUT2D eigenvalue weighted by Gasteiger charge is -2.45. The summed E-state index contributed by atoms with van der Waals surface area (Å²) in [7, 11) is 0. The molecule has 1 aromatic heterocycles. The van der Waals surface area contributed by atoms with Crippen molar-refractivity contribution in [3.63, 3.8) is 0 Å². The standard InChI is InChI=1S/C19H15NO5S2/c21-17(22)12-8-5-7-11-10(15-16(26-14(8)11)20-19(24)27-15)6-3-1-2-4-9(6)25-18(23)13(7)12/h1-4,7-8,10-14H,5H2,(H,20,24)(H,21,22)/t7-,8+,10+,11+,12-,13+,14-/m0/s1. The van der Waals surface area contributed by atoms with E-state index in [9.17, 15) is 19.5 Å². The number of hydrogen-bond donors (Lipinski definition) is 2. The van der Waals surface area contributed by atoms with Gasteiger partial charge in [-0.1, -0.05) is 29.5 Å². The molecule has 3 heterocycles. The van der Waals surface area contributed by atoms with Crippen LogP contribution in [0.4, 0.5) is 0 Å². The Balaban J connectivity index is 1.64. The Morgan fingerprint density at radius 1 is 1.22 bits per heavy atom. The number of carbonyl (C=O) groups is 2. The highest BCUT2D eigenvalue weighted by molar-refractivity contribution is 8.00. The number of thiazole rings is 1. The van der Waals surface area contributed by atoms with Crippen LogP contribution in [0.1, 0.15) is 22.8 Å². The zero-order chi connectivity index (χ0) is 18.4. The maximum atomic E-state index is 12.9. The van der Waals surface area contributed by atoms with Crippen LogP contribution in [0, 0.1) is 29.6 Å². The van der Waals surface area contributed by atoms with E-state index in [4.69, 9.17) is 4.74 Å². The molecule has 0 amide bonds. The fourth-order valence-electron chi connectivity index (χ4n) is 5.95. The van der Waals surface area contributed by atoms with Gasteiger partial charge in [-0.3, -0.25) is 14.4 Å². The van der Waals surface area contributed by atoms with Crippen LogP contribution >= 0.6 is 23.1 Å². The van der Waals surface area contributed by atoms with Crippen molar-refractivity contribution in [1.82, 2.24) is 4.98 Å². The van der Waals surface area contributed by atoms with Crippen LogP contribution in [0.2, 0.25) is 0 Å². The minimum absolute atomic E-state index is 0.0233. The molecule has 2 bridgehead atoms. The van der Waals surface area contributed by atoms with Crippen molar-refractivity contribution in [3.8, 4) is 5.75 Å². The summed E-state index contributed by atoms with van der Waals surface area (Å²) in [6.45, 7) is 0. The third-order valence-electron chi connectivity index (χ3n) is 6.73. The molecule has 4 aliphatic rings. The third-order valence-corrected chi connectivity index (χ3v) is 9.32. The van der Waals surface area contributed by atoms with Crippen molar-refractivity contribution >= 4 is 35.0 Å². The molecule has 2 aliphatic heterocycles. The molecule has 0 unspecified atom stereocenters. The molecule has 7 atom stereocenters. The molecule has 8 heteroatoms. The number of carbonyl (C=O) groups excluding carboxylic acids is 1. The molecule has 1 aromatic carbocycles. The number of carboxylic acid groups (broad SMARTS) is 1. The van der Waals surface area contributed by atoms with Gasteiger partial charge in [-0.15, -0.1) is 11.8 Å². The van der Waals surface area contributed by atoms with Crippen LogP contribution in [-0.4, -0.2) is 27.3 Å². The van der Waals surface area contributed by atoms with E-state index >= 15 is 0 Å². The van der Waals surface area contributed by atoms with Gasteiger partial charge >= 0.3 is 16.8 Å². The van der Waals surface area contributed by atoms with E-state index < -0.39 is 23.8 Å². The number of aromatic nitrogens is 1. The Kier molecular flexibility index (Phi) is 3.11. The van der Waals surface area contributed by atoms with Crippen molar-refractivity contribution in [3.05, 3.63) is 44.4 Å². The first-order valence-corrected chi connectivity index (χ1v) is 10.7. The normalized spacial score (nSPS) is 37.8. The number of esters is 1. The maximum Gasteiger partial charge on any atom is 0.315 e. The minimum atomic E-state index is -0.918. The number of nitrogens with one attached hydrogen (secondary N) is 1. The number of hydrogen-bond acceptors (Lipinski definition) is 6. The van der Waals surface area contributed by atoms with Gasteiger partial charge in [0.2, 0.25) is 0 Å². The molecule has 138 valence electrons. The lowest BCUT2D eigenvalue weighted by molar-refractivity contribution is -0.156. The summed E-state index contributed by atoms with van der Waals surface area (Å²) in [4.78, 5) is 40.9. The molecule has 2 N–H and O–H groups in total. The van der Waals surface area contributed by atoms with E-state index in [0.29, 0.717) is 5.75 Å². The van der Waals surface area contributed by atoms with Gasteiger partial charge in [0.15, 0.2) is 0 Å². The van der Waals surface area contributed by atoms with E-state index in [1.165, 1.54) is 11.3 Å². The molecule has 6 rings (SSSR count). The van der Waals surface area contributed by atoms with Crippen LogP contribution < -0.4 is 9.61 Å². The summed E-state index contributed by atoms with van der Waals surface area (Å²) in [5, 5.41) is 10.8. The zero-order valence-corrected chi connectivity index (χ0v) is 15.6. The number of thioether (sulfide) groups is 1. The van der Waals surface area contributed by atoms with E-state index in [1.807, 2.05) is 18.2 Å². The number of benzene rings is 1. The number of para-hydroxylation sites is 1. The van der Waals surface area contributed by atoms with Crippen molar-refractivity contribution in [2.45, 2.75) is 22.6 Å². The monoisotopic (exact) mass is 401 g/mol. The van der Waals surface area contributed by atoms with Gasteiger partial charge in [0.05, 0.1) is 16.9 Å². The molecule has 27 heavy (non-hydrogen) atoms. The van der Waals surface area contributed by atoms with Gasteiger partial charge in [-0.25, -0.2) is 0 Å². The molecule has 0 radical (unpaired) electrons. The lowest BCUT2D eigenvalue weighted by atomic mass is 9.66. The van der Waals surface area contributed by atoms with Crippen molar-refractivity contribution in [1.29, 1.82) is 0 Å². The average Bonchev–Trinajstić information content (AvgIpc) is 3.29. The topological polar surface area (TPSA) is 96.5 Å². The van der Waals surface area contributed by atoms with Crippen LogP contribution in [0.15, 0.2) is 34.1 Å². The number of ether oxygens (including phenoxy) is 1. The first-order chi connectivity index (χ1) is 13.0. The fourth-order valence-corrected chi connectivity index (χ4v) is 8.83. The number of aliphatic carboxylic acids is 1. The van der Waals surface area contributed by atoms with Gasteiger partial charge < -0.3 is 14.8 Å². The van der Waals surface area contributed by atoms with Crippen molar-refractivity contribution < 1.29 is 19.4 Å². The quantitative estimate of drug-likeness (QED) is 0.563. The van der Waals surface area contributed by atoms with Crippen LogP contribution in [-0.2, 0) is 9.59 Å². The number of H-pyrrole nitrogens is 1. The SMILES string of the molecule is O=C1Oc2ccccc2[C@H]2c3sc(=O)[nH]c3S[C@H]3[C@@H]4C[C@H]([C@@H]1[C@H]4C(=O)O)[C@H]23. The van der Waals surface area contributed by atoms with Crippen molar-refractivity contribution in [2.75, 3.05) is 0 Å². The van der Waals surface area contributed by atoms with Crippen LogP contribution in [0.25, 0.3) is 0 Å². The summed E-state index contributed by atoms with van der Waals surface area (Å²) >= 11 is 2.83. The summed E-state index contributed by atoms with van der Waals surface area (Å²) < 4.78 is 5.72. The number of carboxylic acids is 1. The van der Waals surface area contributed by atoms with Gasteiger partial charge in [0, 0.05) is 21.6 Å². The van der Waals surface area contributed by atoms with Crippen LogP contribution in [0.3, 0.4) is 0 Å². The van der Waals surface area contributed by atoms with Gasteiger partial charge in [0.25, 0.3) is 0 Å². The number of aromatic amines is 1. The molecular weight excluding hydrogens is 386 g/mol. The largest absolute Gasteiger partial charge is 0.481 e. The third kappa shape index (κ3) is 1.95. The summed E-state index contributed by atoms with van der Waals surface area (Å²) in [6, 6.07) is 7.47. The smallest absolute Gasteiger partial charge is 0.315 e. The number of fused-ring (bicyclic) bond motifs is 6. The van der Waals surface area contributed by atoms with E-state index in [1.54, 1.807) is 17.8 Å². The molecule has 2 aliphatic carbocycles.